The van der Waals surface area contributed by atoms with E-state index in [0.717, 1.165) is 25.3 Å². The van der Waals surface area contributed by atoms with Crippen molar-refractivity contribution in [1.82, 2.24) is 5.32 Å². The molecule has 2 aliphatic rings. The monoisotopic (exact) mass is 295 g/mol. The second-order valence-electron chi connectivity index (χ2n) is 5.97. The Bertz CT molecular complexity index is 549. The summed E-state index contributed by atoms with van der Waals surface area (Å²) in [5, 5.41) is 2.99. The molecule has 1 aromatic carbocycles. The van der Waals surface area contributed by atoms with Gasteiger partial charge in [0.05, 0.1) is 12.2 Å². The molecule has 1 aromatic rings. The molecular weight excluding hydrogens is 276 g/mol. The minimum atomic E-state index is -0.860. The molecule has 1 saturated heterocycles. The maximum Gasteiger partial charge on any atom is 0.217 e. The van der Waals surface area contributed by atoms with Crippen LogP contribution in [0.3, 0.4) is 0 Å². The smallest absolute Gasteiger partial charge is 0.217 e. The highest BCUT2D eigenvalue weighted by molar-refractivity contribution is 5.73. The molecule has 0 unspecified atom stereocenters. The molecule has 0 spiro atoms. The van der Waals surface area contributed by atoms with Crippen LogP contribution in [-0.2, 0) is 9.53 Å². The van der Waals surface area contributed by atoms with Crippen molar-refractivity contribution < 1.29 is 18.3 Å². The number of carbonyl (C=O) groups is 1. The zero-order valence-corrected chi connectivity index (χ0v) is 11.9. The number of fused-ring (bicyclic) bond motifs is 1. The molecule has 3 nitrogen and oxygen atoms in total. The second-order valence-corrected chi connectivity index (χ2v) is 5.97. The van der Waals surface area contributed by atoms with E-state index in [1.807, 2.05) is 0 Å². The van der Waals surface area contributed by atoms with Crippen molar-refractivity contribution >= 4 is 5.91 Å². The number of nitrogens with one attached hydrogen (secondary N) is 1. The van der Waals surface area contributed by atoms with Crippen molar-refractivity contribution in [3.05, 3.63) is 35.4 Å². The van der Waals surface area contributed by atoms with Gasteiger partial charge >= 0.3 is 0 Å². The van der Waals surface area contributed by atoms with Gasteiger partial charge in [0, 0.05) is 18.9 Å². The molecule has 1 N–H and O–H groups in total. The molecule has 114 valence electrons. The SMILES string of the molecule is CC(=O)N[C@@H]1C[C@H](c2ccc(F)c(F)c2)O[C@@H]2CCC[C@@H]12. The molecule has 1 saturated carbocycles. The lowest BCUT2D eigenvalue weighted by Gasteiger charge is -2.39. The fourth-order valence-corrected chi connectivity index (χ4v) is 3.61. The van der Waals surface area contributed by atoms with Gasteiger partial charge in [-0.1, -0.05) is 12.5 Å². The van der Waals surface area contributed by atoms with E-state index in [9.17, 15) is 13.6 Å². The third-order valence-corrected chi connectivity index (χ3v) is 4.53. The van der Waals surface area contributed by atoms with E-state index >= 15 is 0 Å². The summed E-state index contributed by atoms with van der Waals surface area (Å²) in [5.74, 6) is -1.44. The van der Waals surface area contributed by atoms with Crippen LogP contribution in [0.1, 0.15) is 44.3 Å². The first-order chi connectivity index (χ1) is 10.0. The largest absolute Gasteiger partial charge is 0.370 e. The van der Waals surface area contributed by atoms with E-state index in [-0.39, 0.29) is 24.2 Å². The van der Waals surface area contributed by atoms with Crippen LogP contribution in [0, 0.1) is 17.6 Å². The fourth-order valence-electron chi connectivity index (χ4n) is 3.61. The summed E-state index contributed by atoms with van der Waals surface area (Å²) in [6.45, 7) is 1.51. The third kappa shape index (κ3) is 2.93. The Morgan fingerprint density at radius 2 is 2.10 bits per heavy atom. The topological polar surface area (TPSA) is 38.3 Å². The average molecular weight is 295 g/mol. The van der Waals surface area contributed by atoms with Crippen LogP contribution in [0.5, 0.6) is 0 Å². The number of hydrogen-bond donors (Lipinski definition) is 1. The Kier molecular flexibility index (Phi) is 3.93. The van der Waals surface area contributed by atoms with E-state index in [1.165, 1.54) is 13.0 Å². The number of carbonyl (C=O) groups excluding carboxylic acids is 1. The van der Waals surface area contributed by atoms with Gasteiger partial charge in [0.25, 0.3) is 0 Å². The Morgan fingerprint density at radius 3 is 2.81 bits per heavy atom. The van der Waals surface area contributed by atoms with E-state index in [2.05, 4.69) is 5.32 Å². The zero-order chi connectivity index (χ0) is 15.0. The zero-order valence-electron chi connectivity index (χ0n) is 11.9. The van der Waals surface area contributed by atoms with Crippen LogP contribution in [0.25, 0.3) is 0 Å². The van der Waals surface area contributed by atoms with E-state index < -0.39 is 11.6 Å². The summed E-state index contributed by atoms with van der Waals surface area (Å²) >= 11 is 0. The lowest BCUT2D eigenvalue weighted by Crippen LogP contribution is -2.47. The molecule has 1 aliphatic carbocycles. The number of ether oxygens (including phenoxy) is 1. The van der Waals surface area contributed by atoms with Crippen molar-refractivity contribution in [3.63, 3.8) is 0 Å². The molecule has 21 heavy (non-hydrogen) atoms. The molecule has 4 atom stereocenters. The first-order valence-electron chi connectivity index (χ1n) is 7.42. The van der Waals surface area contributed by atoms with Crippen LogP contribution >= 0.6 is 0 Å². The maximum atomic E-state index is 13.4. The summed E-state index contributed by atoms with van der Waals surface area (Å²) < 4.78 is 32.5. The molecule has 1 heterocycles. The number of halogens is 2. The summed E-state index contributed by atoms with van der Waals surface area (Å²) in [4.78, 5) is 11.4. The minimum Gasteiger partial charge on any atom is -0.370 e. The molecule has 0 bridgehead atoms. The van der Waals surface area contributed by atoms with Crippen LogP contribution in [0.15, 0.2) is 18.2 Å². The molecule has 2 fully saturated rings. The van der Waals surface area contributed by atoms with E-state index in [1.54, 1.807) is 6.07 Å². The Labute approximate surface area is 122 Å². The molecular formula is C16H19F2NO2. The Hall–Kier alpha value is -1.49. The predicted molar refractivity (Wildman–Crippen MR) is 73.5 cm³/mol. The van der Waals surface area contributed by atoms with Gasteiger partial charge in [-0.2, -0.15) is 0 Å². The van der Waals surface area contributed by atoms with Gasteiger partial charge < -0.3 is 10.1 Å². The molecule has 0 radical (unpaired) electrons. The minimum absolute atomic E-state index is 0.0434. The van der Waals surface area contributed by atoms with Crippen molar-refractivity contribution in [2.45, 2.75) is 50.9 Å². The van der Waals surface area contributed by atoms with Gasteiger partial charge in [-0.15, -0.1) is 0 Å². The predicted octanol–water partition coefficient (Wildman–Crippen LogP) is 3.10. The van der Waals surface area contributed by atoms with Crippen LogP contribution in [-0.4, -0.2) is 18.1 Å². The van der Waals surface area contributed by atoms with E-state index in [0.29, 0.717) is 17.9 Å². The summed E-state index contributed by atoms with van der Waals surface area (Å²) in [6, 6.07) is 3.92. The summed E-state index contributed by atoms with van der Waals surface area (Å²) in [6.07, 6.45) is 3.48. The van der Waals surface area contributed by atoms with Crippen molar-refractivity contribution in [2.75, 3.05) is 0 Å². The Morgan fingerprint density at radius 1 is 1.29 bits per heavy atom. The highest BCUT2D eigenvalue weighted by Gasteiger charge is 2.42. The Balaban J connectivity index is 1.82. The third-order valence-electron chi connectivity index (χ3n) is 4.53. The van der Waals surface area contributed by atoms with Crippen LogP contribution in [0.4, 0.5) is 8.78 Å². The summed E-state index contributed by atoms with van der Waals surface area (Å²) in [7, 11) is 0. The molecule has 1 aliphatic heterocycles. The van der Waals surface area contributed by atoms with Crippen molar-refractivity contribution in [3.8, 4) is 0 Å². The second kappa shape index (κ2) is 5.72. The molecule has 1 amide bonds. The molecule has 0 aromatic heterocycles. The van der Waals surface area contributed by atoms with Crippen LogP contribution in [0.2, 0.25) is 0 Å². The van der Waals surface area contributed by atoms with Crippen molar-refractivity contribution in [2.24, 2.45) is 5.92 Å². The highest BCUT2D eigenvalue weighted by atomic mass is 19.2. The fraction of sp³-hybridized carbons (Fsp3) is 0.562. The molecule has 3 rings (SSSR count). The quantitative estimate of drug-likeness (QED) is 0.910. The van der Waals surface area contributed by atoms with Gasteiger partial charge in [0.15, 0.2) is 11.6 Å². The first kappa shape index (κ1) is 14.4. The lowest BCUT2D eigenvalue weighted by molar-refractivity contribution is -0.124. The first-order valence-corrected chi connectivity index (χ1v) is 7.42. The lowest BCUT2D eigenvalue weighted by atomic mass is 9.86. The van der Waals surface area contributed by atoms with Gasteiger partial charge in [0.2, 0.25) is 5.91 Å². The number of amides is 1. The van der Waals surface area contributed by atoms with Crippen LogP contribution < -0.4 is 5.32 Å². The number of hydrogen-bond acceptors (Lipinski definition) is 2. The summed E-state index contributed by atoms with van der Waals surface area (Å²) in [5.41, 5.74) is 0.634. The average Bonchev–Trinajstić information content (AvgIpc) is 2.89. The standard InChI is InChI=1S/C16H19F2NO2/c1-9(20)19-14-8-16(21-15-4-2-3-11(14)15)10-5-6-12(17)13(18)7-10/h5-7,11,14-16H,2-4,8H2,1H3,(H,19,20)/t11-,14+,15+,16+/m0/s1. The highest BCUT2D eigenvalue weighted by Crippen LogP contribution is 2.42. The van der Waals surface area contributed by atoms with Gasteiger partial charge in [-0.25, -0.2) is 8.78 Å². The van der Waals surface area contributed by atoms with Gasteiger partial charge in [-0.05, 0) is 37.0 Å². The normalized spacial score (nSPS) is 31.8. The van der Waals surface area contributed by atoms with Crippen molar-refractivity contribution in [1.29, 1.82) is 0 Å². The van der Waals surface area contributed by atoms with E-state index in [4.69, 9.17) is 4.74 Å². The van der Waals surface area contributed by atoms with Gasteiger partial charge in [0.1, 0.15) is 0 Å². The number of rotatable bonds is 2. The van der Waals surface area contributed by atoms with Gasteiger partial charge in [-0.3, -0.25) is 4.79 Å². The maximum absolute atomic E-state index is 13.4. The number of benzene rings is 1. The molecule has 5 heteroatoms.